The molecule has 0 aliphatic rings. The summed E-state index contributed by atoms with van der Waals surface area (Å²) >= 11 is 0. The molecule has 2 rings (SSSR count). The zero-order valence-corrected chi connectivity index (χ0v) is 14.4. The van der Waals surface area contributed by atoms with Crippen molar-refractivity contribution >= 4 is 11.9 Å². The number of furan rings is 1. The van der Waals surface area contributed by atoms with Crippen LogP contribution in [0.5, 0.6) is 5.75 Å². The molecule has 0 aliphatic carbocycles. The zero-order valence-electron chi connectivity index (χ0n) is 14.4. The summed E-state index contributed by atoms with van der Waals surface area (Å²) in [7, 11) is 1.31. The molecule has 0 spiro atoms. The van der Waals surface area contributed by atoms with Crippen molar-refractivity contribution in [2.45, 2.75) is 32.7 Å². The number of hydrogen-bond acceptors (Lipinski definition) is 4. The lowest BCUT2D eigenvalue weighted by molar-refractivity contribution is -0.139. The van der Waals surface area contributed by atoms with Gasteiger partial charge in [0.05, 0.1) is 12.7 Å². The molecule has 0 saturated carbocycles. The van der Waals surface area contributed by atoms with Crippen molar-refractivity contribution < 1.29 is 28.2 Å². The van der Waals surface area contributed by atoms with Gasteiger partial charge in [-0.25, -0.2) is 9.18 Å². The van der Waals surface area contributed by atoms with E-state index in [-0.39, 0.29) is 22.8 Å². The van der Waals surface area contributed by atoms with Gasteiger partial charge in [-0.2, -0.15) is 0 Å². The number of rotatable bonds is 6. The van der Waals surface area contributed by atoms with E-state index in [9.17, 15) is 19.1 Å². The summed E-state index contributed by atoms with van der Waals surface area (Å²) in [4.78, 5) is 24.0. The first-order chi connectivity index (χ1) is 11.7. The van der Waals surface area contributed by atoms with Gasteiger partial charge in [-0.3, -0.25) is 4.79 Å². The van der Waals surface area contributed by atoms with E-state index >= 15 is 0 Å². The van der Waals surface area contributed by atoms with Gasteiger partial charge < -0.3 is 19.6 Å². The number of aliphatic carboxylic acids is 1. The minimum Gasteiger partial charge on any atom is -0.494 e. The number of aryl methyl sites for hydroxylation is 1. The summed E-state index contributed by atoms with van der Waals surface area (Å²) in [5.74, 6) is -1.50. The Bertz CT molecular complexity index is 797. The molecule has 1 unspecified atom stereocenters. The minimum absolute atomic E-state index is 0.00790. The highest BCUT2D eigenvalue weighted by Crippen LogP contribution is 2.25. The predicted molar refractivity (Wildman–Crippen MR) is 88.3 cm³/mol. The maximum Gasteiger partial charge on any atom is 0.330 e. The number of carbonyl (C=O) groups excluding carboxylic acids is 1. The third kappa shape index (κ3) is 3.99. The second-order valence-corrected chi connectivity index (χ2v) is 5.91. The predicted octanol–water partition coefficient (Wildman–Crippen LogP) is 3.41. The van der Waals surface area contributed by atoms with Gasteiger partial charge in [0.2, 0.25) is 0 Å². The molecular weight excluding hydrogens is 329 g/mol. The van der Waals surface area contributed by atoms with Crippen LogP contribution >= 0.6 is 0 Å². The van der Waals surface area contributed by atoms with Gasteiger partial charge in [-0.05, 0) is 30.7 Å². The topological polar surface area (TPSA) is 88.8 Å². The molecule has 1 heterocycles. The molecule has 1 aromatic carbocycles. The van der Waals surface area contributed by atoms with Gasteiger partial charge >= 0.3 is 5.97 Å². The quantitative estimate of drug-likeness (QED) is 0.834. The maximum atomic E-state index is 13.8. The van der Waals surface area contributed by atoms with Crippen LogP contribution in [0.15, 0.2) is 28.7 Å². The number of amides is 1. The van der Waals surface area contributed by atoms with Crippen LogP contribution in [0.3, 0.4) is 0 Å². The molecule has 0 radical (unpaired) electrons. The fourth-order valence-electron chi connectivity index (χ4n) is 2.37. The number of halogens is 1. The molecule has 1 amide bonds. The molecule has 7 heteroatoms. The Morgan fingerprint density at radius 1 is 1.28 bits per heavy atom. The smallest absolute Gasteiger partial charge is 0.330 e. The lowest BCUT2D eigenvalue weighted by Gasteiger charge is -2.15. The number of ether oxygens (including phenoxy) is 1. The molecule has 25 heavy (non-hydrogen) atoms. The second kappa shape index (κ2) is 7.38. The highest BCUT2D eigenvalue weighted by Gasteiger charge is 2.26. The van der Waals surface area contributed by atoms with E-state index in [1.54, 1.807) is 13.0 Å². The van der Waals surface area contributed by atoms with Crippen molar-refractivity contribution in [3.05, 3.63) is 52.7 Å². The monoisotopic (exact) mass is 349 g/mol. The van der Waals surface area contributed by atoms with Crippen molar-refractivity contribution in [3.8, 4) is 5.75 Å². The van der Waals surface area contributed by atoms with Gasteiger partial charge in [0.25, 0.3) is 5.91 Å². The van der Waals surface area contributed by atoms with Crippen molar-refractivity contribution in [3.63, 3.8) is 0 Å². The minimum atomic E-state index is -1.40. The van der Waals surface area contributed by atoms with Crippen LogP contribution in [0, 0.1) is 12.7 Å². The molecule has 2 aromatic rings. The molecular formula is C18H20FNO5. The van der Waals surface area contributed by atoms with Crippen LogP contribution in [0.4, 0.5) is 4.39 Å². The molecule has 0 aliphatic heterocycles. The number of hydrogen-bond donors (Lipinski definition) is 2. The van der Waals surface area contributed by atoms with Crippen LogP contribution in [0.25, 0.3) is 0 Å². The normalized spacial score (nSPS) is 12.1. The Hall–Kier alpha value is -2.83. The van der Waals surface area contributed by atoms with E-state index in [1.165, 1.54) is 19.2 Å². The van der Waals surface area contributed by atoms with Gasteiger partial charge in [0, 0.05) is 5.92 Å². The molecule has 0 fully saturated rings. The van der Waals surface area contributed by atoms with Crippen LogP contribution in [0.2, 0.25) is 0 Å². The lowest BCUT2D eigenvalue weighted by atomic mass is 10.1. The highest BCUT2D eigenvalue weighted by atomic mass is 19.1. The van der Waals surface area contributed by atoms with Gasteiger partial charge in [-0.1, -0.05) is 19.9 Å². The zero-order chi connectivity index (χ0) is 18.7. The largest absolute Gasteiger partial charge is 0.494 e. The maximum absolute atomic E-state index is 13.8. The van der Waals surface area contributed by atoms with Gasteiger partial charge in [-0.15, -0.1) is 0 Å². The van der Waals surface area contributed by atoms with Gasteiger partial charge in [0.1, 0.15) is 11.5 Å². The first-order valence-corrected chi connectivity index (χ1v) is 7.72. The average molecular weight is 349 g/mol. The summed E-state index contributed by atoms with van der Waals surface area (Å²) in [5.41, 5.74) is 0.355. The number of methoxy groups -OCH3 is 1. The van der Waals surface area contributed by atoms with E-state index in [0.717, 1.165) is 6.07 Å². The Morgan fingerprint density at radius 3 is 2.44 bits per heavy atom. The fraction of sp³-hybridized carbons (Fsp3) is 0.333. The lowest BCUT2D eigenvalue weighted by Crippen LogP contribution is -2.34. The SMILES string of the molecule is COc1ccc(C(NC(=O)c2cc(C(C)C)oc2C)C(=O)O)cc1F. The molecule has 134 valence electrons. The molecule has 0 bridgehead atoms. The van der Waals surface area contributed by atoms with Crippen molar-refractivity contribution in [1.82, 2.24) is 5.32 Å². The van der Waals surface area contributed by atoms with E-state index in [0.29, 0.717) is 11.5 Å². The Balaban J connectivity index is 2.29. The van der Waals surface area contributed by atoms with Crippen LogP contribution in [-0.4, -0.2) is 24.1 Å². The highest BCUT2D eigenvalue weighted by molar-refractivity contribution is 5.97. The van der Waals surface area contributed by atoms with E-state index in [4.69, 9.17) is 9.15 Å². The molecule has 1 aromatic heterocycles. The molecule has 6 nitrogen and oxygen atoms in total. The van der Waals surface area contributed by atoms with E-state index < -0.39 is 23.7 Å². The summed E-state index contributed by atoms with van der Waals surface area (Å²) in [6.07, 6.45) is 0. The molecule has 2 N–H and O–H groups in total. The van der Waals surface area contributed by atoms with E-state index in [1.807, 2.05) is 13.8 Å². The van der Waals surface area contributed by atoms with Crippen LogP contribution < -0.4 is 10.1 Å². The number of carbonyl (C=O) groups is 2. The van der Waals surface area contributed by atoms with Crippen molar-refractivity contribution in [2.75, 3.05) is 7.11 Å². The Kier molecular flexibility index (Phi) is 5.46. The van der Waals surface area contributed by atoms with Crippen LogP contribution in [0.1, 0.15) is 53.2 Å². The molecule has 0 saturated heterocycles. The second-order valence-electron chi connectivity index (χ2n) is 5.91. The Labute approximate surface area is 144 Å². The number of benzene rings is 1. The standard InChI is InChI=1S/C18H20FNO5/c1-9(2)15-8-12(10(3)25-15)17(21)20-16(18(22)23)11-5-6-14(24-4)13(19)7-11/h5-9,16H,1-4H3,(H,20,21)(H,22,23). The number of nitrogens with one attached hydrogen (secondary N) is 1. The summed E-state index contributed by atoms with van der Waals surface area (Å²) < 4.78 is 24.2. The van der Waals surface area contributed by atoms with Crippen molar-refractivity contribution in [1.29, 1.82) is 0 Å². The number of carboxylic acid groups (broad SMARTS) is 1. The van der Waals surface area contributed by atoms with Crippen LogP contribution in [-0.2, 0) is 4.79 Å². The summed E-state index contributed by atoms with van der Waals surface area (Å²) in [6.45, 7) is 5.46. The molecule has 1 atom stereocenters. The third-order valence-electron chi connectivity index (χ3n) is 3.78. The van der Waals surface area contributed by atoms with E-state index in [2.05, 4.69) is 5.32 Å². The third-order valence-corrected chi connectivity index (χ3v) is 3.78. The average Bonchev–Trinajstić information content (AvgIpc) is 2.94. The Morgan fingerprint density at radius 2 is 1.96 bits per heavy atom. The first kappa shape index (κ1) is 18.5. The first-order valence-electron chi connectivity index (χ1n) is 7.72. The number of carboxylic acids is 1. The van der Waals surface area contributed by atoms with Crippen molar-refractivity contribution in [2.24, 2.45) is 0 Å². The summed E-state index contributed by atoms with van der Waals surface area (Å²) in [6, 6.07) is 3.92. The summed E-state index contributed by atoms with van der Waals surface area (Å²) in [5, 5.41) is 11.8. The van der Waals surface area contributed by atoms with Gasteiger partial charge in [0.15, 0.2) is 17.6 Å². The fourth-order valence-corrected chi connectivity index (χ4v) is 2.37.